The van der Waals surface area contributed by atoms with Gasteiger partial charge in [-0.15, -0.1) is 0 Å². The molecule has 5 N–H and O–H groups in total. The maximum Gasteiger partial charge on any atom is 0.308 e. The van der Waals surface area contributed by atoms with E-state index in [1.54, 1.807) is 14.0 Å². The van der Waals surface area contributed by atoms with Crippen LogP contribution in [0.5, 0.6) is 0 Å². The number of nitrogens with one attached hydrogen (secondary N) is 3. The molecule has 0 bridgehead atoms. The number of ether oxygens (including phenoxy) is 1. The van der Waals surface area contributed by atoms with Crippen molar-refractivity contribution in [3.05, 3.63) is 71.9 Å². The Morgan fingerprint density at radius 1 is 0.980 bits per heavy atom. The van der Waals surface area contributed by atoms with Gasteiger partial charge in [0.25, 0.3) is 0 Å². The number of likely N-dealkylation sites (N-methyl/N-ethyl adjacent to an activating group) is 1. The molecule has 1 fully saturated rings. The van der Waals surface area contributed by atoms with Crippen molar-refractivity contribution < 1.29 is 28.7 Å². The molecule has 4 amide bonds. The first kappa shape index (κ1) is 39.7. The molecule has 1 saturated heterocycles. The first-order valence-electron chi connectivity index (χ1n) is 17.0. The number of carbonyl (C=O) groups is 5. The van der Waals surface area contributed by atoms with Crippen LogP contribution in [0.25, 0.3) is 10.9 Å². The predicted octanol–water partition coefficient (Wildman–Crippen LogP) is 3.15. The number of unbranched alkanes of at least 4 members (excludes halogenated alkanes) is 1. The molecule has 0 unspecified atom stereocenters. The van der Waals surface area contributed by atoms with E-state index < -0.39 is 30.3 Å². The SMILES string of the molecule is C.CC(=O)N[C@H](CC(=O)N(C)[C@H](Cc1cn(C)c2ccccc12)C(=O)N[C@@H](CCCCN)CC(=O)N[C@@H]1CC(=O)O[C@@H]1C)Cc1ccccc1. The number of aromatic nitrogens is 1. The van der Waals surface area contributed by atoms with Crippen LogP contribution in [0, 0.1) is 0 Å². The van der Waals surface area contributed by atoms with Crippen LogP contribution in [0.3, 0.4) is 0 Å². The van der Waals surface area contributed by atoms with Crippen LogP contribution in [-0.2, 0) is 48.6 Å². The van der Waals surface area contributed by atoms with Crippen LogP contribution in [0.4, 0.5) is 0 Å². The third-order valence-electron chi connectivity index (χ3n) is 9.11. The number of esters is 1. The summed E-state index contributed by atoms with van der Waals surface area (Å²) in [4.78, 5) is 66.6. The van der Waals surface area contributed by atoms with Gasteiger partial charge in [-0.25, -0.2) is 0 Å². The number of aryl methyl sites for hydroxylation is 1. The van der Waals surface area contributed by atoms with Gasteiger partial charge in [-0.3, -0.25) is 24.0 Å². The van der Waals surface area contributed by atoms with Gasteiger partial charge in [0.15, 0.2) is 0 Å². The number of rotatable bonds is 17. The molecule has 50 heavy (non-hydrogen) atoms. The van der Waals surface area contributed by atoms with Crippen molar-refractivity contribution in [2.24, 2.45) is 12.8 Å². The van der Waals surface area contributed by atoms with E-state index in [9.17, 15) is 24.0 Å². The molecule has 0 aliphatic carbocycles. The summed E-state index contributed by atoms with van der Waals surface area (Å²) in [6.45, 7) is 3.63. The van der Waals surface area contributed by atoms with E-state index in [1.807, 2.05) is 72.4 Å². The number of fused-ring (bicyclic) bond motifs is 1. The van der Waals surface area contributed by atoms with Gasteiger partial charge in [0, 0.05) is 69.5 Å². The number of hydrogen-bond donors (Lipinski definition) is 4. The van der Waals surface area contributed by atoms with Crippen molar-refractivity contribution in [1.29, 1.82) is 0 Å². The van der Waals surface area contributed by atoms with Crippen LogP contribution in [-0.4, -0.2) is 82.9 Å². The van der Waals surface area contributed by atoms with Crippen molar-refractivity contribution >= 4 is 40.5 Å². The number of amides is 4. The maximum atomic E-state index is 14.3. The number of benzene rings is 2. The molecule has 1 aromatic heterocycles. The molecule has 12 heteroatoms. The summed E-state index contributed by atoms with van der Waals surface area (Å²) in [5.74, 6) is -1.60. The molecule has 272 valence electrons. The molecule has 0 saturated carbocycles. The molecule has 0 spiro atoms. The van der Waals surface area contributed by atoms with Gasteiger partial charge < -0.3 is 35.9 Å². The van der Waals surface area contributed by atoms with E-state index in [2.05, 4.69) is 16.0 Å². The minimum Gasteiger partial charge on any atom is -0.460 e. The second-order valence-corrected chi connectivity index (χ2v) is 13.1. The van der Waals surface area contributed by atoms with Gasteiger partial charge in [-0.2, -0.15) is 0 Å². The van der Waals surface area contributed by atoms with Gasteiger partial charge in [0.05, 0.1) is 12.5 Å². The summed E-state index contributed by atoms with van der Waals surface area (Å²) in [6.07, 6.45) is 4.23. The highest BCUT2D eigenvalue weighted by Crippen LogP contribution is 2.24. The number of hydrogen-bond acceptors (Lipinski definition) is 7. The molecule has 3 aromatic rings. The Morgan fingerprint density at radius 3 is 2.34 bits per heavy atom. The van der Waals surface area contributed by atoms with E-state index in [1.165, 1.54) is 11.8 Å². The Hall–Kier alpha value is -4.71. The molecule has 1 aliphatic rings. The predicted molar refractivity (Wildman–Crippen MR) is 194 cm³/mol. The third kappa shape index (κ3) is 11.2. The van der Waals surface area contributed by atoms with Crippen LogP contribution >= 0.6 is 0 Å². The molecule has 2 aromatic carbocycles. The van der Waals surface area contributed by atoms with Gasteiger partial charge in [-0.1, -0.05) is 62.4 Å². The Morgan fingerprint density at radius 2 is 1.68 bits per heavy atom. The number of nitrogens with zero attached hydrogens (tertiary/aromatic N) is 2. The topological polar surface area (TPSA) is 165 Å². The number of cyclic esters (lactones) is 1. The van der Waals surface area contributed by atoms with E-state index in [-0.39, 0.29) is 62.7 Å². The van der Waals surface area contributed by atoms with Gasteiger partial charge >= 0.3 is 5.97 Å². The molecule has 5 atom stereocenters. The molecule has 12 nitrogen and oxygen atoms in total. The standard InChI is InChI=1S/C37H50N6O6.CH4/c1-24-31(22-36(47)49-24)41-34(45)20-28(14-10-11-17-38)40-37(48)33(19-27-23-42(3)32-16-9-8-15-30(27)32)43(4)35(46)21-29(39-25(2)44)18-26-12-6-5-7-13-26;/h5-9,12-13,15-16,23-24,28-29,31,33H,10-11,14,17-22,38H2,1-4H3,(H,39,44)(H,40,48)(H,41,45);1H4/t24-,28+,29+,31-,33-;/m1./s1. The van der Waals surface area contributed by atoms with Gasteiger partial charge in [0.2, 0.25) is 23.6 Å². The highest BCUT2D eigenvalue weighted by molar-refractivity contribution is 5.90. The summed E-state index contributed by atoms with van der Waals surface area (Å²) >= 11 is 0. The van der Waals surface area contributed by atoms with Gasteiger partial charge in [-0.05, 0) is 49.9 Å². The van der Waals surface area contributed by atoms with E-state index >= 15 is 0 Å². The first-order chi connectivity index (χ1) is 23.4. The maximum absolute atomic E-state index is 14.3. The minimum absolute atomic E-state index is 0. The summed E-state index contributed by atoms with van der Waals surface area (Å²) in [6, 6.07) is 15.1. The second kappa shape index (κ2) is 18.9. The van der Waals surface area contributed by atoms with Crippen molar-refractivity contribution in [3.8, 4) is 0 Å². The molecule has 1 aliphatic heterocycles. The molecule has 2 heterocycles. The quantitative estimate of drug-likeness (QED) is 0.125. The van der Waals surface area contributed by atoms with E-state index in [0.717, 1.165) is 28.5 Å². The zero-order valence-electron chi connectivity index (χ0n) is 28.9. The number of carbonyl (C=O) groups excluding carboxylic acids is 5. The fraction of sp³-hybridized carbons (Fsp3) is 0.500. The lowest BCUT2D eigenvalue weighted by atomic mass is 9.99. The highest BCUT2D eigenvalue weighted by atomic mass is 16.6. The highest BCUT2D eigenvalue weighted by Gasteiger charge is 2.34. The summed E-state index contributed by atoms with van der Waals surface area (Å²) in [5, 5.41) is 9.84. The number of nitrogens with two attached hydrogens (primary N) is 1. The monoisotopic (exact) mass is 690 g/mol. The zero-order chi connectivity index (χ0) is 35.5. The second-order valence-electron chi connectivity index (χ2n) is 13.1. The van der Waals surface area contributed by atoms with E-state index in [4.69, 9.17) is 10.5 Å². The van der Waals surface area contributed by atoms with Crippen LogP contribution in [0.2, 0.25) is 0 Å². The third-order valence-corrected chi connectivity index (χ3v) is 9.11. The van der Waals surface area contributed by atoms with Crippen molar-refractivity contribution in [2.75, 3.05) is 13.6 Å². The van der Waals surface area contributed by atoms with Crippen LogP contribution in [0.1, 0.15) is 70.9 Å². The van der Waals surface area contributed by atoms with E-state index in [0.29, 0.717) is 25.8 Å². The molecule has 4 rings (SSSR count). The lowest BCUT2D eigenvalue weighted by molar-refractivity contribution is -0.141. The average molecular weight is 691 g/mol. The summed E-state index contributed by atoms with van der Waals surface area (Å²) in [5.41, 5.74) is 8.62. The van der Waals surface area contributed by atoms with Crippen molar-refractivity contribution in [3.63, 3.8) is 0 Å². The summed E-state index contributed by atoms with van der Waals surface area (Å²) < 4.78 is 7.17. The van der Waals surface area contributed by atoms with Crippen LogP contribution < -0.4 is 21.7 Å². The fourth-order valence-electron chi connectivity index (χ4n) is 6.49. The van der Waals surface area contributed by atoms with Crippen LogP contribution in [0.15, 0.2) is 60.8 Å². The molecule has 0 radical (unpaired) electrons. The largest absolute Gasteiger partial charge is 0.460 e. The first-order valence-corrected chi connectivity index (χ1v) is 17.0. The lowest BCUT2D eigenvalue weighted by Crippen LogP contribution is -2.53. The zero-order valence-corrected chi connectivity index (χ0v) is 28.9. The Kier molecular flexibility index (Phi) is 15.0. The number of para-hydroxylation sites is 1. The lowest BCUT2D eigenvalue weighted by Gasteiger charge is -2.31. The average Bonchev–Trinajstić information content (AvgIpc) is 3.55. The smallest absolute Gasteiger partial charge is 0.308 e. The Balaban J connectivity index is 0.00000676. The Bertz CT molecular complexity index is 1610. The molecular formula is C38H54N6O6. The van der Waals surface area contributed by atoms with Gasteiger partial charge in [0.1, 0.15) is 12.1 Å². The normalized spacial score (nSPS) is 17.2. The molecular weight excluding hydrogens is 636 g/mol. The fourth-order valence-corrected chi connectivity index (χ4v) is 6.49. The van der Waals surface area contributed by atoms with Crippen molar-refractivity contribution in [1.82, 2.24) is 25.4 Å². The summed E-state index contributed by atoms with van der Waals surface area (Å²) in [7, 11) is 3.55. The minimum atomic E-state index is -0.908. The Labute approximate surface area is 295 Å². The van der Waals surface area contributed by atoms with Crippen molar-refractivity contribution in [2.45, 2.75) is 103 Å².